The van der Waals surface area contributed by atoms with Crippen LogP contribution in [0.25, 0.3) is 0 Å². The Bertz CT molecular complexity index is 273. The van der Waals surface area contributed by atoms with Crippen LogP contribution in [0.3, 0.4) is 0 Å². The molecular weight excluding hydrogens is 241 g/mol. The molecule has 0 aliphatic carbocycles. The van der Waals surface area contributed by atoms with E-state index in [1.165, 1.54) is 0 Å². The standard InChI is InChI=1S/C11H23NO4P/c1-5-11(13)15-8-6-10-17(14)16-9-7-12(2,3)4/h5,17H,1,6-10H2,2-4H3/q+1. The molecule has 1 unspecified atom stereocenters. The van der Waals surface area contributed by atoms with Gasteiger partial charge in [-0.2, -0.15) is 0 Å². The smallest absolute Gasteiger partial charge is 0.330 e. The van der Waals surface area contributed by atoms with Gasteiger partial charge in [0.05, 0.1) is 27.7 Å². The van der Waals surface area contributed by atoms with Gasteiger partial charge in [0.2, 0.25) is 0 Å². The van der Waals surface area contributed by atoms with Gasteiger partial charge in [0.25, 0.3) is 0 Å². The van der Waals surface area contributed by atoms with E-state index in [0.29, 0.717) is 19.2 Å². The molecule has 0 bridgehead atoms. The molecule has 0 saturated carbocycles. The highest BCUT2D eigenvalue weighted by Crippen LogP contribution is 2.22. The van der Waals surface area contributed by atoms with Crippen molar-refractivity contribution in [1.82, 2.24) is 0 Å². The SMILES string of the molecule is C=CC(=O)OCCC[PH](=O)OCC[N+](C)(C)C. The molecule has 1 atom stereocenters. The Morgan fingerprint density at radius 2 is 2.00 bits per heavy atom. The van der Waals surface area contributed by atoms with E-state index >= 15 is 0 Å². The molecular formula is C11H23NO4P+. The molecule has 0 rings (SSSR count). The van der Waals surface area contributed by atoms with Crippen LogP contribution in [0.2, 0.25) is 0 Å². The maximum absolute atomic E-state index is 11.4. The predicted octanol–water partition coefficient (Wildman–Crippen LogP) is 1.30. The maximum atomic E-state index is 11.4. The number of carbonyl (C=O) groups is 1. The first kappa shape index (κ1) is 16.4. The minimum atomic E-state index is -1.99. The van der Waals surface area contributed by atoms with E-state index in [0.717, 1.165) is 17.1 Å². The molecule has 17 heavy (non-hydrogen) atoms. The monoisotopic (exact) mass is 264 g/mol. The van der Waals surface area contributed by atoms with Crippen molar-refractivity contribution in [2.45, 2.75) is 6.42 Å². The van der Waals surface area contributed by atoms with Gasteiger partial charge in [-0.05, 0) is 6.42 Å². The number of carbonyl (C=O) groups excluding carboxylic acids is 1. The van der Waals surface area contributed by atoms with E-state index in [1.54, 1.807) is 0 Å². The summed E-state index contributed by atoms with van der Waals surface area (Å²) in [6.45, 7) is 4.86. The summed E-state index contributed by atoms with van der Waals surface area (Å²) in [6, 6.07) is 0. The lowest BCUT2D eigenvalue weighted by molar-refractivity contribution is -0.870. The van der Waals surface area contributed by atoms with Gasteiger partial charge >= 0.3 is 5.97 Å². The lowest BCUT2D eigenvalue weighted by Crippen LogP contribution is -2.37. The first-order chi connectivity index (χ1) is 7.85. The van der Waals surface area contributed by atoms with Crippen LogP contribution in [0.15, 0.2) is 12.7 Å². The fourth-order valence-electron chi connectivity index (χ4n) is 0.954. The molecule has 5 nitrogen and oxygen atoms in total. The average molecular weight is 264 g/mol. The topological polar surface area (TPSA) is 52.6 Å². The van der Waals surface area contributed by atoms with Crippen molar-refractivity contribution >= 4 is 14.0 Å². The molecule has 0 saturated heterocycles. The van der Waals surface area contributed by atoms with Gasteiger partial charge in [0, 0.05) is 12.2 Å². The van der Waals surface area contributed by atoms with Gasteiger partial charge in [-0.15, -0.1) is 0 Å². The Morgan fingerprint density at radius 1 is 1.35 bits per heavy atom. The molecule has 0 fully saturated rings. The maximum Gasteiger partial charge on any atom is 0.330 e. The van der Waals surface area contributed by atoms with Crippen molar-refractivity contribution in [1.29, 1.82) is 0 Å². The Balaban J connectivity index is 3.47. The number of quaternary nitrogens is 1. The van der Waals surface area contributed by atoms with Gasteiger partial charge < -0.3 is 13.7 Å². The molecule has 0 aliphatic rings. The molecule has 0 aromatic carbocycles. The summed E-state index contributed by atoms with van der Waals surface area (Å²) in [5.74, 6) is -0.448. The van der Waals surface area contributed by atoms with E-state index < -0.39 is 14.0 Å². The molecule has 0 aliphatic heterocycles. The summed E-state index contributed by atoms with van der Waals surface area (Å²) in [7, 11) is 4.16. The molecule has 0 N–H and O–H groups in total. The number of hydrogen-bond donors (Lipinski definition) is 0. The third kappa shape index (κ3) is 11.6. The van der Waals surface area contributed by atoms with E-state index in [9.17, 15) is 9.36 Å². The van der Waals surface area contributed by atoms with Crippen molar-refractivity contribution in [3.05, 3.63) is 12.7 Å². The summed E-state index contributed by atoms with van der Waals surface area (Å²) in [5, 5.41) is 0. The van der Waals surface area contributed by atoms with Gasteiger partial charge in [-0.3, -0.25) is 4.57 Å². The Hall–Kier alpha value is -0.640. The second-order valence-corrected chi connectivity index (χ2v) is 6.24. The Morgan fingerprint density at radius 3 is 2.53 bits per heavy atom. The first-order valence-corrected chi connectivity index (χ1v) is 7.13. The highest BCUT2D eigenvalue weighted by Gasteiger charge is 2.08. The number of hydrogen-bond acceptors (Lipinski definition) is 4. The van der Waals surface area contributed by atoms with Crippen LogP contribution in [0, 0.1) is 0 Å². The lowest BCUT2D eigenvalue weighted by Gasteiger charge is -2.23. The van der Waals surface area contributed by atoms with Crippen LogP contribution < -0.4 is 0 Å². The van der Waals surface area contributed by atoms with Gasteiger partial charge in [-0.25, -0.2) is 4.79 Å². The van der Waals surface area contributed by atoms with E-state index in [4.69, 9.17) is 9.26 Å². The second kappa shape index (κ2) is 8.45. The number of ether oxygens (including phenoxy) is 1. The molecule has 0 aromatic rings. The Kier molecular flexibility index (Phi) is 8.13. The second-order valence-electron chi connectivity index (χ2n) is 4.71. The van der Waals surface area contributed by atoms with Gasteiger partial charge in [-0.1, -0.05) is 6.58 Å². The predicted molar refractivity (Wildman–Crippen MR) is 68.5 cm³/mol. The largest absolute Gasteiger partial charge is 0.463 e. The van der Waals surface area contributed by atoms with E-state index in [-0.39, 0.29) is 6.61 Å². The zero-order valence-electron chi connectivity index (χ0n) is 10.9. The van der Waals surface area contributed by atoms with Crippen LogP contribution in [-0.4, -0.2) is 57.5 Å². The van der Waals surface area contributed by atoms with Crippen molar-refractivity contribution in [2.24, 2.45) is 0 Å². The van der Waals surface area contributed by atoms with Crippen LogP contribution in [0.5, 0.6) is 0 Å². The summed E-state index contributed by atoms with van der Waals surface area (Å²) in [6.07, 6.45) is 2.12. The fraction of sp³-hybridized carbons (Fsp3) is 0.727. The molecule has 0 aromatic heterocycles. The molecule has 0 spiro atoms. The van der Waals surface area contributed by atoms with Crippen LogP contribution in [0.4, 0.5) is 0 Å². The number of likely N-dealkylation sites (N-methyl/N-ethyl adjacent to an activating group) is 1. The quantitative estimate of drug-likeness (QED) is 0.207. The third-order valence-corrected chi connectivity index (χ3v) is 3.25. The highest BCUT2D eigenvalue weighted by molar-refractivity contribution is 7.39. The van der Waals surface area contributed by atoms with E-state index in [1.807, 2.05) is 0 Å². The molecule has 0 heterocycles. The van der Waals surface area contributed by atoms with Crippen LogP contribution in [0.1, 0.15) is 6.42 Å². The molecule has 0 radical (unpaired) electrons. The van der Waals surface area contributed by atoms with Gasteiger partial charge in [0.15, 0.2) is 8.03 Å². The third-order valence-electron chi connectivity index (χ3n) is 1.96. The van der Waals surface area contributed by atoms with Crippen molar-refractivity contribution < 1.29 is 23.1 Å². The average Bonchev–Trinajstić information content (AvgIpc) is 2.22. The summed E-state index contributed by atoms with van der Waals surface area (Å²) in [5.41, 5.74) is 0. The van der Waals surface area contributed by atoms with E-state index in [2.05, 4.69) is 27.7 Å². The van der Waals surface area contributed by atoms with Crippen molar-refractivity contribution in [3.63, 3.8) is 0 Å². The van der Waals surface area contributed by atoms with Crippen LogP contribution in [-0.2, 0) is 18.6 Å². The fourth-order valence-corrected chi connectivity index (χ4v) is 1.85. The number of esters is 1. The van der Waals surface area contributed by atoms with Crippen molar-refractivity contribution in [2.75, 3.05) is 47.1 Å². The number of rotatable bonds is 9. The molecule has 0 amide bonds. The summed E-state index contributed by atoms with van der Waals surface area (Å²) >= 11 is 0. The van der Waals surface area contributed by atoms with Crippen LogP contribution >= 0.6 is 8.03 Å². The first-order valence-electron chi connectivity index (χ1n) is 5.60. The minimum absolute atomic E-state index is 0.264. The highest BCUT2D eigenvalue weighted by atomic mass is 31.1. The minimum Gasteiger partial charge on any atom is -0.463 e. The normalized spacial score (nSPS) is 13.1. The number of nitrogens with zero attached hydrogens (tertiary/aromatic N) is 1. The molecule has 6 heteroatoms. The zero-order valence-corrected chi connectivity index (χ0v) is 11.9. The van der Waals surface area contributed by atoms with Gasteiger partial charge in [0.1, 0.15) is 13.2 Å². The molecule has 100 valence electrons. The summed E-state index contributed by atoms with van der Waals surface area (Å²) < 4.78 is 22.2. The van der Waals surface area contributed by atoms with Crippen molar-refractivity contribution in [3.8, 4) is 0 Å². The Labute approximate surface area is 104 Å². The summed E-state index contributed by atoms with van der Waals surface area (Å²) in [4.78, 5) is 10.7. The lowest BCUT2D eigenvalue weighted by atomic mass is 10.5. The zero-order chi connectivity index (χ0) is 13.3.